The zero-order chi connectivity index (χ0) is 28.8. The maximum Gasteiger partial charge on any atom is 0.246 e. The van der Waals surface area contributed by atoms with E-state index >= 15 is 0 Å². The van der Waals surface area contributed by atoms with Crippen LogP contribution in [0.4, 0.5) is 0 Å². The molecule has 0 unspecified atom stereocenters. The van der Waals surface area contributed by atoms with Crippen molar-refractivity contribution in [3.63, 3.8) is 0 Å². The number of carbonyl (C=O) groups is 4. The van der Waals surface area contributed by atoms with Gasteiger partial charge in [0.15, 0.2) is 0 Å². The quantitative estimate of drug-likeness (QED) is 0.445. The Kier molecular flexibility index (Phi) is 9.03. The van der Waals surface area contributed by atoms with Gasteiger partial charge >= 0.3 is 0 Å². The second kappa shape index (κ2) is 12.9. The van der Waals surface area contributed by atoms with E-state index in [0.717, 1.165) is 30.4 Å². The summed E-state index contributed by atoms with van der Waals surface area (Å²) in [5, 5.41) is 20.4. The third kappa shape index (κ3) is 6.96. The van der Waals surface area contributed by atoms with E-state index in [2.05, 4.69) is 16.0 Å². The molecule has 3 fully saturated rings. The summed E-state index contributed by atoms with van der Waals surface area (Å²) in [6.45, 7) is 0.385. The highest BCUT2D eigenvalue weighted by Crippen LogP contribution is 2.32. The Bertz CT molecular complexity index is 1230. The lowest BCUT2D eigenvalue weighted by atomic mass is 9.78. The van der Waals surface area contributed by atoms with Crippen molar-refractivity contribution in [2.75, 3.05) is 6.54 Å². The normalized spacial score (nSPS) is 27.4. The Labute approximate surface area is 241 Å². The van der Waals surface area contributed by atoms with E-state index in [1.54, 1.807) is 0 Å². The van der Waals surface area contributed by atoms with Gasteiger partial charge in [-0.3, -0.25) is 19.2 Å². The fraction of sp³-hybridized carbons (Fsp3) is 0.500. The molecule has 2 aromatic rings. The first-order valence-corrected chi connectivity index (χ1v) is 14.8. The average molecular weight is 561 g/mol. The first-order valence-electron chi connectivity index (χ1n) is 14.8. The third-order valence-electron chi connectivity index (χ3n) is 8.66. The summed E-state index contributed by atoms with van der Waals surface area (Å²) in [5.41, 5.74) is 0.426. The molecule has 1 saturated carbocycles. The van der Waals surface area contributed by atoms with Crippen molar-refractivity contribution in [2.24, 2.45) is 0 Å². The number of carbonyl (C=O) groups excluding carboxylic acids is 4. The fourth-order valence-corrected chi connectivity index (χ4v) is 6.52. The predicted molar refractivity (Wildman–Crippen MR) is 153 cm³/mol. The van der Waals surface area contributed by atoms with E-state index in [9.17, 15) is 24.3 Å². The number of amides is 4. The topological polar surface area (TPSA) is 128 Å². The van der Waals surface area contributed by atoms with E-state index < -0.39 is 41.6 Å². The minimum absolute atomic E-state index is 0.0538. The summed E-state index contributed by atoms with van der Waals surface area (Å²) in [6, 6.07) is 15.6. The van der Waals surface area contributed by atoms with Gasteiger partial charge in [0.05, 0.1) is 5.60 Å². The minimum Gasteiger partial charge on any atom is -0.387 e. The first kappa shape index (κ1) is 28.8. The molecule has 4 N–H and O–H groups in total. The Hall–Kier alpha value is -3.72. The Balaban J connectivity index is 1.49. The SMILES string of the molecule is O=C1C[C@H](Cc2ccccc2)NC(=O)[C@@H](C2(O)CCCCC2)NC(=O)[C@H]2CCCN2C(=O)[C@H](Cc2ccccc2)N1. The lowest BCUT2D eigenvalue weighted by molar-refractivity contribution is -0.144. The van der Waals surface area contributed by atoms with Crippen LogP contribution in [0.3, 0.4) is 0 Å². The molecule has 218 valence electrons. The van der Waals surface area contributed by atoms with Crippen LogP contribution in [0.15, 0.2) is 60.7 Å². The van der Waals surface area contributed by atoms with E-state index in [-0.39, 0.29) is 24.7 Å². The lowest BCUT2D eigenvalue weighted by Crippen LogP contribution is -2.64. The Morgan fingerprint density at radius 1 is 0.756 bits per heavy atom. The van der Waals surface area contributed by atoms with Gasteiger partial charge in [0.2, 0.25) is 23.6 Å². The molecule has 4 atom stereocenters. The largest absolute Gasteiger partial charge is 0.387 e. The standard InChI is InChI=1S/C32H40N4O5/c37-27-21-24(19-22-11-4-1-5-12-22)33-30(39)28(32(41)16-8-3-9-17-32)35-29(38)26-15-10-18-36(26)31(40)25(34-27)20-23-13-6-2-7-14-23/h1-2,4-7,11-14,24-26,28,41H,3,8-10,15-21H2,(H,33,39)(H,34,37)(H,35,38)/t24-,25-,26+,28-/m0/s1. The number of nitrogens with one attached hydrogen (secondary N) is 3. The molecular weight excluding hydrogens is 520 g/mol. The van der Waals surface area contributed by atoms with Gasteiger partial charge < -0.3 is 26.0 Å². The van der Waals surface area contributed by atoms with Crippen LogP contribution < -0.4 is 16.0 Å². The Morgan fingerprint density at radius 3 is 2.05 bits per heavy atom. The fourth-order valence-electron chi connectivity index (χ4n) is 6.52. The van der Waals surface area contributed by atoms with Crippen LogP contribution in [0.25, 0.3) is 0 Å². The molecule has 2 aliphatic heterocycles. The summed E-state index contributed by atoms with van der Waals surface area (Å²) in [6.07, 6.45) is 4.94. The number of nitrogens with zero attached hydrogens (tertiary/aromatic N) is 1. The average Bonchev–Trinajstić information content (AvgIpc) is 3.46. The first-order chi connectivity index (χ1) is 19.8. The summed E-state index contributed by atoms with van der Waals surface area (Å²) < 4.78 is 0. The molecule has 1 aliphatic carbocycles. The number of benzene rings is 2. The van der Waals surface area contributed by atoms with Crippen molar-refractivity contribution < 1.29 is 24.3 Å². The number of fused-ring (bicyclic) bond motifs is 1. The highest BCUT2D eigenvalue weighted by molar-refractivity contribution is 5.96. The van der Waals surface area contributed by atoms with Crippen molar-refractivity contribution >= 4 is 23.6 Å². The van der Waals surface area contributed by atoms with Crippen LogP contribution >= 0.6 is 0 Å². The van der Waals surface area contributed by atoms with Crippen LogP contribution in [0, 0.1) is 0 Å². The maximum absolute atomic E-state index is 13.9. The summed E-state index contributed by atoms with van der Waals surface area (Å²) in [7, 11) is 0. The predicted octanol–water partition coefficient (Wildman–Crippen LogP) is 2.02. The van der Waals surface area contributed by atoms with Gasteiger partial charge in [-0.05, 0) is 43.2 Å². The molecule has 2 aromatic carbocycles. The molecule has 9 nitrogen and oxygen atoms in total. The van der Waals surface area contributed by atoms with Gasteiger partial charge in [0.25, 0.3) is 0 Å². The molecule has 0 spiro atoms. The molecule has 4 amide bonds. The van der Waals surface area contributed by atoms with Gasteiger partial charge in [-0.25, -0.2) is 0 Å². The van der Waals surface area contributed by atoms with E-state index in [4.69, 9.17) is 0 Å². The van der Waals surface area contributed by atoms with Crippen LogP contribution in [0.1, 0.15) is 62.5 Å². The van der Waals surface area contributed by atoms with Gasteiger partial charge in [0, 0.05) is 25.4 Å². The second-order valence-corrected chi connectivity index (χ2v) is 11.7. The van der Waals surface area contributed by atoms with Gasteiger partial charge in [0.1, 0.15) is 18.1 Å². The van der Waals surface area contributed by atoms with Crippen molar-refractivity contribution in [3.05, 3.63) is 71.8 Å². The third-order valence-corrected chi connectivity index (χ3v) is 8.66. The van der Waals surface area contributed by atoms with Crippen molar-refractivity contribution in [1.82, 2.24) is 20.9 Å². The van der Waals surface area contributed by atoms with E-state index in [1.807, 2.05) is 60.7 Å². The Morgan fingerprint density at radius 2 is 1.39 bits per heavy atom. The van der Waals surface area contributed by atoms with Crippen LogP contribution in [0.5, 0.6) is 0 Å². The van der Waals surface area contributed by atoms with Crippen molar-refractivity contribution in [1.29, 1.82) is 0 Å². The molecule has 2 heterocycles. The highest BCUT2D eigenvalue weighted by atomic mass is 16.3. The van der Waals surface area contributed by atoms with Crippen molar-refractivity contribution in [2.45, 2.75) is 94.0 Å². The molecule has 5 rings (SSSR count). The maximum atomic E-state index is 13.9. The summed E-state index contributed by atoms with van der Waals surface area (Å²) in [4.78, 5) is 56.5. The lowest BCUT2D eigenvalue weighted by Gasteiger charge is -2.39. The van der Waals surface area contributed by atoms with Gasteiger partial charge in [-0.15, -0.1) is 0 Å². The molecule has 9 heteroatoms. The smallest absolute Gasteiger partial charge is 0.246 e. The van der Waals surface area contributed by atoms with E-state index in [1.165, 1.54) is 4.90 Å². The number of hydrogen-bond donors (Lipinski definition) is 4. The van der Waals surface area contributed by atoms with Crippen LogP contribution in [0.2, 0.25) is 0 Å². The molecule has 0 radical (unpaired) electrons. The van der Waals surface area contributed by atoms with E-state index in [0.29, 0.717) is 38.6 Å². The molecule has 2 saturated heterocycles. The monoisotopic (exact) mass is 560 g/mol. The number of hydrogen-bond acceptors (Lipinski definition) is 5. The van der Waals surface area contributed by atoms with Crippen molar-refractivity contribution in [3.8, 4) is 0 Å². The molecule has 3 aliphatic rings. The minimum atomic E-state index is -1.40. The molecule has 0 bridgehead atoms. The molecule has 0 aromatic heterocycles. The summed E-state index contributed by atoms with van der Waals surface area (Å²) >= 11 is 0. The van der Waals surface area contributed by atoms with Crippen LogP contribution in [-0.4, -0.2) is 69.9 Å². The number of aliphatic hydroxyl groups is 1. The highest BCUT2D eigenvalue weighted by Gasteiger charge is 2.46. The summed E-state index contributed by atoms with van der Waals surface area (Å²) in [5.74, 6) is -1.63. The molecule has 41 heavy (non-hydrogen) atoms. The molecular formula is C32H40N4O5. The van der Waals surface area contributed by atoms with Gasteiger partial charge in [-0.2, -0.15) is 0 Å². The zero-order valence-corrected chi connectivity index (χ0v) is 23.4. The number of rotatable bonds is 5. The van der Waals surface area contributed by atoms with Gasteiger partial charge in [-0.1, -0.05) is 79.9 Å². The second-order valence-electron chi connectivity index (χ2n) is 11.7. The zero-order valence-electron chi connectivity index (χ0n) is 23.4. The van der Waals surface area contributed by atoms with Crippen LogP contribution in [-0.2, 0) is 32.0 Å².